The second kappa shape index (κ2) is 10.8. The molecule has 1 aliphatic heterocycles. The fourth-order valence-corrected chi connectivity index (χ4v) is 6.00. The number of likely N-dealkylation sites (N-methyl/N-ethyl adjacent to an activating group) is 1. The van der Waals surface area contributed by atoms with Crippen molar-refractivity contribution in [3.05, 3.63) is 88.4 Å². The molecule has 9 heteroatoms. The van der Waals surface area contributed by atoms with Crippen LogP contribution in [0.3, 0.4) is 0 Å². The summed E-state index contributed by atoms with van der Waals surface area (Å²) >= 11 is 6.02. The molecule has 0 saturated heterocycles. The maximum atomic E-state index is 13.7. The molecule has 188 valence electrons. The van der Waals surface area contributed by atoms with Crippen LogP contribution in [0.5, 0.6) is 0 Å². The molecule has 7 nitrogen and oxygen atoms in total. The maximum absolute atomic E-state index is 13.7. The number of amides is 2. The number of hydrogen-bond donors (Lipinski definition) is 1. The topological polar surface area (TPSA) is 86.8 Å². The zero-order valence-corrected chi connectivity index (χ0v) is 21.8. The molecule has 36 heavy (non-hydrogen) atoms. The molecule has 0 radical (unpaired) electrons. The van der Waals surface area contributed by atoms with E-state index in [1.807, 2.05) is 0 Å². The lowest BCUT2D eigenvalue weighted by atomic mass is 10.1. The van der Waals surface area contributed by atoms with Gasteiger partial charge in [-0.2, -0.15) is 0 Å². The highest BCUT2D eigenvalue weighted by Gasteiger charge is 2.36. The Morgan fingerprint density at radius 3 is 2.36 bits per heavy atom. The Kier molecular flexibility index (Phi) is 7.78. The Morgan fingerprint density at radius 2 is 1.67 bits per heavy atom. The van der Waals surface area contributed by atoms with Crippen molar-refractivity contribution in [1.29, 1.82) is 0 Å². The fraction of sp³-hybridized carbons (Fsp3) is 0.259. The number of carbonyl (C=O) groups excluding carboxylic acids is 2. The lowest BCUT2D eigenvalue weighted by molar-refractivity contribution is 0.0945. The normalized spacial score (nSPS) is 14.2. The molecular formula is C27H28ClN3O4S. The van der Waals surface area contributed by atoms with E-state index < -0.39 is 15.7 Å². The number of nitrogens with zero attached hydrogens (tertiary/aromatic N) is 2. The molecule has 0 bridgehead atoms. The zero-order chi connectivity index (χ0) is 25.9. The van der Waals surface area contributed by atoms with Crippen LogP contribution in [0.15, 0.2) is 76.5 Å². The summed E-state index contributed by atoms with van der Waals surface area (Å²) in [6.07, 6.45) is 0. The summed E-state index contributed by atoms with van der Waals surface area (Å²) in [7, 11) is -4.00. The van der Waals surface area contributed by atoms with Gasteiger partial charge in [0.1, 0.15) is 0 Å². The molecular weight excluding hydrogens is 498 g/mol. The van der Waals surface area contributed by atoms with E-state index in [1.54, 1.807) is 36.4 Å². The number of benzene rings is 3. The Hall–Kier alpha value is -3.20. The minimum Gasteiger partial charge on any atom is -0.351 e. The minimum atomic E-state index is -4.00. The quantitative estimate of drug-likeness (QED) is 0.471. The van der Waals surface area contributed by atoms with E-state index in [0.717, 1.165) is 18.7 Å². The standard InChI is InChI=1S/C27H28ClN3O4S/c1-3-30(4-2)16-15-29-26(32)20-11-14-25-23(17-20)31(18-19-9-12-21(28)13-10-19)27(33)22-7-5-6-8-24(22)36(25,34)35/h5-14,17H,3-4,15-16,18H2,1-2H3,(H,29,32). The van der Waals surface area contributed by atoms with Crippen molar-refractivity contribution in [1.82, 2.24) is 10.2 Å². The van der Waals surface area contributed by atoms with Crippen LogP contribution in [0.4, 0.5) is 5.69 Å². The number of hydrogen-bond acceptors (Lipinski definition) is 5. The summed E-state index contributed by atoms with van der Waals surface area (Å²) in [6.45, 7) is 7.14. The van der Waals surface area contributed by atoms with Gasteiger partial charge in [-0.05, 0) is 61.1 Å². The van der Waals surface area contributed by atoms with Gasteiger partial charge in [0.05, 0.1) is 27.6 Å². The van der Waals surface area contributed by atoms with Gasteiger partial charge in [0.25, 0.3) is 11.8 Å². The maximum Gasteiger partial charge on any atom is 0.259 e. The van der Waals surface area contributed by atoms with E-state index in [9.17, 15) is 18.0 Å². The van der Waals surface area contributed by atoms with Crippen LogP contribution in [0.1, 0.15) is 40.1 Å². The zero-order valence-electron chi connectivity index (χ0n) is 20.2. The Labute approximate surface area is 216 Å². The molecule has 3 aromatic rings. The van der Waals surface area contributed by atoms with Crippen molar-refractivity contribution in [3.8, 4) is 0 Å². The number of anilines is 1. The number of sulfone groups is 1. The van der Waals surface area contributed by atoms with Gasteiger partial charge in [0, 0.05) is 23.7 Å². The summed E-state index contributed by atoms with van der Waals surface area (Å²) in [5.74, 6) is -0.787. The van der Waals surface area contributed by atoms with E-state index in [0.29, 0.717) is 18.1 Å². The SMILES string of the molecule is CCN(CC)CCNC(=O)c1ccc2c(c1)N(Cc1ccc(Cl)cc1)C(=O)c1ccccc1S2(=O)=O. The van der Waals surface area contributed by atoms with Crippen LogP contribution in [-0.4, -0.2) is 51.3 Å². The van der Waals surface area contributed by atoms with Gasteiger partial charge >= 0.3 is 0 Å². The van der Waals surface area contributed by atoms with Gasteiger partial charge in [-0.25, -0.2) is 8.42 Å². The van der Waals surface area contributed by atoms with E-state index in [4.69, 9.17) is 11.6 Å². The Morgan fingerprint density at radius 1 is 0.972 bits per heavy atom. The number of fused-ring (bicyclic) bond motifs is 2. The molecule has 0 fully saturated rings. The summed E-state index contributed by atoms with van der Waals surface area (Å²) in [6, 6.07) is 17.6. The van der Waals surface area contributed by atoms with Crippen molar-refractivity contribution in [2.75, 3.05) is 31.1 Å². The molecule has 1 N–H and O–H groups in total. The van der Waals surface area contributed by atoms with E-state index in [2.05, 4.69) is 24.1 Å². The third kappa shape index (κ3) is 5.16. The van der Waals surface area contributed by atoms with Crippen LogP contribution < -0.4 is 10.2 Å². The first-order chi connectivity index (χ1) is 17.3. The first kappa shape index (κ1) is 25.9. The third-order valence-electron chi connectivity index (χ3n) is 6.32. The van der Waals surface area contributed by atoms with E-state index in [1.165, 1.54) is 35.2 Å². The van der Waals surface area contributed by atoms with Gasteiger partial charge in [-0.3, -0.25) is 9.59 Å². The first-order valence-electron chi connectivity index (χ1n) is 11.8. The van der Waals surface area contributed by atoms with Crippen molar-refractivity contribution < 1.29 is 18.0 Å². The largest absolute Gasteiger partial charge is 0.351 e. The molecule has 1 aliphatic rings. The van der Waals surface area contributed by atoms with Crippen LogP contribution in [0.25, 0.3) is 0 Å². The highest BCUT2D eigenvalue weighted by Crippen LogP contribution is 2.38. The Bertz CT molecular complexity index is 1390. The van der Waals surface area contributed by atoms with Crippen LogP contribution in [-0.2, 0) is 16.4 Å². The molecule has 3 aromatic carbocycles. The van der Waals surface area contributed by atoms with Gasteiger partial charge < -0.3 is 15.1 Å². The second-order valence-corrected chi connectivity index (χ2v) is 10.8. The predicted molar refractivity (Wildman–Crippen MR) is 140 cm³/mol. The third-order valence-corrected chi connectivity index (χ3v) is 8.43. The summed E-state index contributed by atoms with van der Waals surface area (Å²) in [5.41, 5.74) is 1.31. The van der Waals surface area contributed by atoms with Crippen molar-refractivity contribution in [3.63, 3.8) is 0 Å². The molecule has 4 rings (SSSR count). The number of nitrogens with one attached hydrogen (secondary N) is 1. The summed E-state index contributed by atoms with van der Waals surface area (Å²) < 4.78 is 27.2. The fourth-order valence-electron chi connectivity index (χ4n) is 4.25. The number of halogens is 1. The van der Waals surface area contributed by atoms with Crippen LogP contribution in [0, 0.1) is 0 Å². The highest BCUT2D eigenvalue weighted by atomic mass is 35.5. The summed E-state index contributed by atoms with van der Waals surface area (Å²) in [4.78, 5) is 30.2. The van der Waals surface area contributed by atoms with Crippen LogP contribution >= 0.6 is 11.6 Å². The van der Waals surface area contributed by atoms with Gasteiger partial charge in [0.2, 0.25) is 9.84 Å². The van der Waals surface area contributed by atoms with Crippen LogP contribution in [0.2, 0.25) is 5.02 Å². The highest BCUT2D eigenvalue weighted by molar-refractivity contribution is 7.91. The van der Waals surface area contributed by atoms with Gasteiger partial charge in [-0.1, -0.05) is 49.7 Å². The monoisotopic (exact) mass is 525 g/mol. The van der Waals surface area contributed by atoms with E-state index in [-0.39, 0.29) is 39.1 Å². The van der Waals surface area contributed by atoms with Crippen molar-refractivity contribution >= 4 is 38.9 Å². The molecule has 0 unspecified atom stereocenters. The Balaban J connectivity index is 1.76. The lowest BCUT2D eigenvalue weighted by Gasteiger charge is -2.24. The average molecular weight is 526 g/mol. The predicted octanol–water partition coefficient (Wildman–Crippen LogP) is 4.40. The smallest absolute Gasteiger partial charge is 0.259 e. The van der Waals surface area contributed by atoms with E-state index >= 15 is 0 Å². The molecule has 1 heterocycles. The van der Waals surface area contributed by atoms with Gasteiger partial charge in [0.15, 0.2) is 0 Å². The molecule has 2 amide bonds. The molecule has 0 aromatic heterocycles. The molecule has 0 atom stereocenters. The summed E-state index contributed by atoms with van der Waals surface area (Å²) in [5, 5.41) is 3.45. The molecule has 0 spiro atoms. The number of rotatable bonds is 8. The average Bonchev–Trinajstić information content (AvgIpc) is 2.95. The number of carbonyl (C=O) groups is 2. The lowest BCUT2D eigenvalue weighted by Crippen LogP contribution is -2.35. The first-order valence-corrected chi connectivity index (χ1v) is 13.7. The minimum absolute atomic E-state index is 0.0190. The second-order valence-electron chi connectivity index (χ2n) is 8.48. The molecule has 0 aliphatic carbocycles. The van der Waals surface area contributed by atoms with Crippen molar-refractivity contribution in [2.24, 2.45) is 0 Å². The molecule has 0 saturated carbocycles. The van der Waals surface area contributed by atoms with Crippen molar-refractivity contribution in [2.45, 2.75) is 30.2 Å². The van der Waals surface area contributed by atoms with Gasteiger partial charge in [-0.15, -0.1) is 0 Å².